The van der Waals surface area contributed by atoms with Crippen LogP contribution in [0.5, 0.6) is 0 Å². The summed E-state index contributed by atoms with van der Waals surface area (Å²) >= 11 is 1.87. The van der Waals surface area contributed by atoms with Crippen molar-refractivity contribution in [2.75, 3.05) is 0 Å². The monoisotopic (exact) mass is 668 g/mol. The lowest BCUT2D eigenvalue weighted by molar-refractivity contribution is 1.07. The van der Waals surface area contributed by atoms with Gasteiger partial charge in [0.15, 0.2) is 17.5 Å². The number of thiophene rings is 1. The van der Waals surface area contributed by atoms with Crippen molar-refractivity contribution in [3.05, 3.63) is 170 Å². The van der Waals surface area contributed by atoms with Gasteiger partial charge in [-0.15, -0.1) is 11.3 Å². The van der Waals surface area contributed by atoms with Crippen LogP contribution in [0, 0.1) is 0 Å². The second-order valence-corrected chi connectivity index (χ2v) is 13.7. The number of hydrogen-bond donors (Lipinski definition) is 0. The Kier molecular flexibility index (Phi) is 6.96. The first-order valence-electron chi connectivity index (χ1n) is 17.0. The third-order valence-corrected chi connectivity index (χ3v) is 10.7. The Morgan fingerprint density at radius 1 is 0.333 bits per heavy atom. The van der Waals surface area contributed by atoms with Crippen molar-refractivity contribution in [2.24, 2.45) is 0 Å². The number of rotatable bonds is 5. The maximum atomic E-state index is 5.27. The van der Waals surface area contributed by atoms with Crippen molar-refractivity contribution in [2.45, 2.75) is 0 Å². The number of nitrogens with zero attached hydrogens (tertiary/aromatic N) is 4. The van der Waals surface area contributed by atoms with Crippen molar-refractivity contribution in [3.63, 3.8) is 0 Å². The van der Waals surface area contributed by atoms with Gasteiger partial charge in [-0.3, -0.25) is 0 Å². The quantitative estimate of drug-likeness (QED) is 0.171. The minimum absolute atomic E-state index is 0.641. The largest absolute Gasteiger partial charge is 0.247 e. The Hall–Kier alpha value is -6.56. The van der Waals surface area contributed by atoms with Crippen LogP contribution in [0.15, 0.2) is 170 Å². The van der Waals surface area contributed by atoms with E-state index in [2.05, 4.69) is 109 Å². The van der Waals surface area contributed by atoms with Crippen LogP contribution in [-0.4, -0.2) is 19.9 Å². The van der Waals surface area contributed by atoms with Gasteiger partial charge in [0.05, 0.1) is 11.2 Å². The highest BCUT2D eigenvalue weighted by Gasteiger charge is 2.17. The summed E-state index contributed by atoms with van der Waals surface area (Å²) in [5.74, 6) is 1.95. The molecule has 5 heteroatoms. The Labute approximate surface area is 298 Å². The van der Waals surface area contributed by atoms with E-state index in [9.17, 15) is 0 Å². The van der Waals surface area contributed by atoms with Crippen LogP contribution in [-0.2, 0) is 0 Å². The topological polar surface area (TPSA) is 51.6 Å². The number of hydrogen-bond acceptors (Lipinski definition) is 5. The molecule has 0 N–H and O–H groups in total. The maximum Gasteiger partial charge on any atom is 0.164 e. The van der Waals surface area contributed by atoms with Crippen molar-refractivity contribution >= 4 is 53.2 Å². The van der Waals surface area contributed by atoms with E-state index in [1.54, 1.807) is 0 Å². The number of pyridine rings is 1. The molecule has 10 aromatic rings. The summed E-state index contributed by atoms with van der Waals surface area (Å²) in [5, 5.41) is 6.22. The molecule has 238 valence electrons. The average molecular weight is 669 g/mol. The van der Waals surface area contributed by atoms with E-state index in [0.717, 1.165) is 44.6 Å². The van der Waals surface area contributed by atoms with Crippen LogP contribution < -0.4 is 0 Å². The number of aromatic nitrogens is 4. The predicted molar refractivity (Wildman–Crippen MR) is 213 cm³/mol. The van der Waals surface area contributed by atoms with Gasteiger partial charge in [-0.2, -0.15) is 0 Å². The summed E-state index contributed by atoms with van der Waals surface area (Å²) in [6.07, 6.45) is 0. The molecule has 0 unspecified atom stereocenters. The summed E-state index contributed by atoms with van der Waals surface area (Å²) in [5.41, 5.74) is 8.15. The molecular formula is C46H28N4S. The van der Waals surface area contributed by atoms with Crippen molar-refractivity contribution in [1.82, 2.24) is 19.9 Å². The van der Waals surface area contributed by atoms with Crippen LogP contribution in [0.25, 0.3) is 98.4 Å². The molecule has 0 aliphatic heterocycles. The van der Waals surface area contributed by atoms with Gasteiger partial charge in [0.25, 0.3) is 0 Å². The fourth-order valence-corrected chi connectivity index (χ4v) is 8.30. The van der Waals surface area contributed by atoms with Gasteiger partial charge in [0.2, 0.25) is 0 Å². The van der Waals surface area contributed by atoms with Crippen LogP contribution in [0.3, 0.4) is 0 Å². The number of fused-ring (bicyclic) bond motifs is 7. The summed E-state index contributed by atoms with van der Waals surface area (Å²) in [7, 11) is 0. The zero-order valence-electron chi connectivity index (χ0n) is 27.4. The van der Waals surface area contributed by atoms with E-state index in [-0.39, 0.29) is 0 Å². The van der Waals surface area contributed by atoms with E-state index >= 15 is 0 Å². The third-order valence-electron chi connectivity index (χ3n) is 9.52. The Balaban J connectivity index is 1.07. The number of benzene rings is 7. The Morgan fingerprint density at radius 3 is 1.57 bits per heavy atom. The minimum atomic E-state index is 0.641. The Morgan fingerprint density at radius 2 is 0.863 bits per heavy atom. The summed E-state index contributed by atoms with van der Waals surface area (Å²) in [6, 6.07) is 59.1. The molecule has 0 aliphatic rings. The zero-order chi connectivity index (χ0) is 33.7. The molecule has 10 rings (SSSR count). The zero-order valence-corrected chi connectivity index (χ0v) is 28.2. The standard InChI is InChI=1S/C46H28N4S/c1-3-12-30(13-4-1)44-48-45(31-14-5-2-6-15-31)50-46(49-44)32-24-22-29(23-25-32)33-16-11-17-34(28-33)42-38-27-26-36-35-18-8-10-21-40(35)51-43(36)41(38)37-19-7-9-20-39(37)47-42/h1-28H. The predicted octanol–water partition coefficient (Wildman–Crippen LogP) is 12.3. The van der Waals surface area contributed by atoms with Gasteiger partial charge in [-0.1, -0.05) is 152 Å². The summed E-state index contributed by atoms with van der Waals surface area (Å²) in [4.78, 5) is 19.9. The minimum Gasteiger partial charge on any atom is -0.247 e. The molecule has 3 aromatic heterocycles. The van der Waals surface area contributed by atoms with Crippen molar-refractivity contribution in [3.8, 4) is 56.5 Å². The first-order chi connectivity index (χ1) is 25.3. The van der Waals surface area contributed by atoms with Gasteiger partial charge in [0, 0.05) is 58.6 Å². The first kappa shape index (κ1) is 29.4. The molecule has 3 heterocycles. The normalized spacial score (nSPS) is 11.5. The fourth-order valence-electron chi connectivity index (χ4n) is 7.03. The Bertz CT molecular complexity index is 2840. The van der Waals surface area contributed by atoms with Gasteiger partial charge >= 0.3 is 0 Å². The number of para-hydroxylation sites is 1. The molecule has 0 bridgehead atoms. The van der Waals surface area contributed by atoms with E-state index < -0.39 is 0 Å². The smallest absolute Gasteiger partial charge is 0.164 e. The molecule has 0 amide bonds. The highest BCUT2D eigenvalue weighted by molar-refractivity contribution is 7.26. The summed E-state index contributed by atoms with van der Waals surface area (Å²) < 4.78 is 2.61. The van der Waals surface area contributed by atoms with E-state index in [1.807, 2.05) is 72.0 Å². The highest BCUT2D eigenvalue weighted by atomic mass is 32.1. The van der Waals surface area contributed by atoms with E-state index in [4.69, 9.17) is 19.9 Å². The van der Waals surface area contributed by atoms with Crippen LogP contribution in [0.1, 0.15) is 0 Å². The lowest BCUT2D eigenvalue weighted by atomic mass is 9.96. The molecule has 0 fully saturated rings. The molecular weight excluding hydrogens is 641 g/mol. The van der Waals surface area contributed by atoms with E-state index in [1.165, 1.54) is 36.3 Å². The van der Waals surface area contributed by atoms with Crippen LogP contribution in [0.4, 0.5) is 0 Å². The molecule has 0 saturated carbocycles. The molecule has 4 nitrogen and oxygen atoms in total. The van der Waals surface area contributed by atoms with Gasteiger partial charge in [-0.05, 0) is 29.3 Å². The molecule has 0 atom stereocenters. The molecule has 0 aliphatic carbocycles. The first-order valence-corrected chi connectivity index (χ1v) is 17.8. The molecule has 51 heavy (non-hydrogen) atoms. The van der Waals surface area contributed by atoms with Gasteiger partial charge in [-0.25, -0.2) is 19.9 Å². The van der Waals surface area contributed by atoms with Crippen molar-refractivity contribution in [1.29, 1.82) is 0 Å². The SMILES string of the molecule is c1ccc(-c2nc(-c3ccccc3)nc(-c3ccc(-c4cccc(-c5nc6ccccc6c6c5ccc5c7ccccc7sc56)c4)cc3)n2)cc1. The van der Waals surface area contributed by atoms with Crippen LogP contribution in [0.2, 0.25) is 0 Å². The fraction of sp³-hybridized carbons (Fsp3) is 0. The van der Waals surface area contributed by atoms with Crippen LogP contribution >= 0.6 is 11.3 Å². The summed E-state index contributed by atoms with van der Waals surface area (Å²) in [6.45, 7) is 0. The second kappa shape index (κ2) is 12.1. The lowest BCUT2D eigenvalue weighted by Gasteiger charge is -2.12. The molecule has 0 saturated heterocycles. The van der Waals surface area contributed by atoms with Gasteiger partial charge < -0.3 is 0 Å². The molecule has 0 spiro atoms. The lowest BCUT2D eigenvalue weighted by Crippen LogP contribution is -2.00. The third kappa shape index (κ3) is 5.14. The molecule has 7 aromatic carbocycles. The highest BCUT2D eigenvalue weighted by Crippen LogP contribution is 2.43. The van der Waals surface area contributed by atoms with Gasteiger partial charge in [0.1, 0.15) is 0 Å². The van der Waals surface area contributed by atoms with E-state index in [0.29, 0.717) is 17.5 Å². The maximum absolute atomic E-state index is 5.27. The van der Waals surface area contributed by atoms with Crippen molar-refractivity contribution < 1.29 is 0 Å². The molecule has 0 radical (unpaired) electrons. The average Bonchev–Trinajstić information content (AvgIpc) is 3.60. The second-order valence-electron chi connectivity index (χ2n) is 12.6.